The zero-order valence-electron chi connectivity index (χ0n) is 13.8. The second kappa shape index (κ2) is 9.19. The van der Waals surface area contributed by atoms with Gasteiger partial charge in [0.1, 0.15) is 5.69 Å². The van der Waals surface area contributed by atoms with Crippen LogP contribution in [0.5, 0.6) is 0 Å². The number of ether oxygens (including phenoxy) is 2. The molecule has 0 saturated carbocycles. The predicted octanol–water partition coefficient (Wildman–Crippen LogP) is 1.59. The first-order chi connectivity index (χ1) is 11.6. The van der Waals surface area contributed by atoms with Crippen LogP contribution in [-0.2, 0) is 9.47 Å². The molecule has 8 heteroatoms. The minimum absolute atomic E-state index is 0.0566. The van der Waals surface area contributed by atoms with Crippen molar-refractivity contribution in [1.82, 2.24) is 5.32 Å². The lowest BCUT2D eigenvalue weighted by atomic mass is 10.1. The number of nitrogens with one attached hydrogen (secondary N) is 1. The molecule has 1 aromatic rings. The van der Waals surface area contributed by atoms with Gasteiger partial charge in [-0.3, -0.25) is 14.9 Å². The highest BCUT2D eigenvalue weighted by atomic mass is 16.6. The van der Waals surface area contributed by atoms with Crippen LogP contribution in [0.25, 0.3) is 0 Å². The van der Waals surface area contributed by atoms with Gasteiger partial charge in [0.25, 0.3) is 11.6 Å². The minimum Gasteiger partial charge on any atom is -0.382 e. The summed E-state index contributed by atoms with van der Waals surface area (Å²) >= 11 is 0. The molecule has 1 heterocycles. The van der Waals surface area contributed by atoms with Gasteiger partial charge in [-0.1, -0.05) is 0 Å². The number of hydrogen-bond acceptors (Lipinski definition) is 6. The molecule has 1 aliphatic heterocycles. The molecule has 1 aromatic carbocycles. The number of nitrogens with zero attached hydrogens (tertiary/aromatic N) is 2. The Bertz CT molecular complexity index is 573. The molecule has 0 aliphatic carbocycles. The number of rotatable bonds is 8. The quantitative estimate of drug-likeness (QED) is 0.440. The summed E-state index contributed by atoms with van der Waals surface area (Å²) in [5.41, 5.74) is 0.755. The highest BCUT2D eigenvalue weighted by Gasteiger charge is 2.23. The lowest BCUT2D eigenvalue weighted by Gasteiger charge is -2.28. The molecule has 24 heavy (non-hydrogen) atoms. The van der Waals surface area contributed by atoms with Gasteiger partial charge in [-0.25, -0.2) is 0 Å². The summed E-state index contributed by atoms with van der Waals surface area (Å²) in [6, 6.07) is 4.59. The van der Waals surface area contributed by atoms with Crippen LogP contribution in [0.3, 0.4) is 0 Å². The number of carbonyl (C=O) groups is 1. The van der Waals surface area contributed by atoms with Crippen molar-refractivity contribution in [2.45, 2.75) is 13.3 Å². The molecule has 1 saturated heterocycles. The zero-order chi connectivity index (χ0) is 17.4. The normalized spacial score (nSPS) is 14.5. The van der Waals surface area contributed by atoms with Gasteiger partial charge in [0, 0.05) is 44.5 Å². The van der Waals surface area contributed by atoms with E-state index in [9.17, 15) is 14.9 Å². The van der Waals surface area contributed by atoms with E-state index in [-0.39, 0.29) is 17.2 Å². The maximum Gasteiger partial charge on any atom is 0.293 e. The second-order valence-electron chi connectivity index (χ2n) is 5.37. The molecule has 132 valence electrons. The van der Waals surface area contributed by atoms with Gasteiger partial charge in [-0.2, -0.15) is 0 Å². The molecule has 8 nitrogen and oxygen atoms in total. The molecule has 0 radical (unpaired) electrons. The SMILES string of the molecule is CCOCCCNC(=O)c1ccc(N2CCOCC2)c([N+](=O)[O-])c1. The zero-order valence-corrected chi connectivity index (χ0v) is 13.8. The van der Waals surface area contributed by atoms with Crippen LogP contribution < -0.4 is 10.2 Å². The van der Waals surface area contributed by atoms with E-state index in [0.717, 1.165) is 0 Å². The molecule has 0 aromatic heterocycles. The largest absolute Gasteiger partial charge is 0.382 e. The van der Waals surface area contributed by atoms with E-state index in [2.05, 4.69) is 5.32 Å². The average molecular weight is 337 g/mol. The molecule has 0 atom stereocenters. The molecule has 1 amide bonds. The number of anilines is 1. The summed E-state index contributed by atoms with van der Waals surface area (Å²) in [6.45, 7) is 5.88. The van der Waals surface area contributed by atoms with Crippen molar-refractivity contribution in [2.24, 2.45) is 0 Å². The topological polar surface area (TPSA) is 93.9 Å². The molecule has 1 aliphatic rings. The van der Waals surface area contributed by atoms with E-state index >= 15 is 0 Å². The summed E-state index contributed by atoms with van der Waals surface area (Å²) in [4.78, 5) is 25.0. The lowest BCUT2D eigenvalue weighted by molar-refractivity contribution is -0.384. The van der Waals surface area contributed by atoms with Gasteiger partial charge < -0.3 is 19.7 Å². The lowest BCUT2D eigenvalue weighted by Crippen LogP contribution is -2.36. The van der Waals surface area contributed by atoms with Crippen molar-refractivity contribution in [3.63, 3.8) is 0 Å². The fraction of sp³-hybridized carbons (Fsp3) is 0.562. The van der Waals surface area contributed by atoms with Crippen molar-refractivity contribution in [3.05, 3.63) is 33.9 Å². The standard InChI is InChI=1S/C16H23N3O5/c1-2-23-9-3-6-17-16(20)13-4-5-14(15(12-13)19(21)22)18-7-10-24-11-8-18/h4-5,12H,2-3,6-11H2,1H3,(H,17,20). The van der Waals surface area contributed by atoms with Gasteiger partial charge in [0.05, 0.1) is 18.1 Å². The van der Waals surface area contributed by atoms with Crippen LogP contribution in [-0.4, -0.2) is 56.9 Å². The van der Waals surface area contributed by atoms with Crippen LogP contribution in [0.1, 0.15) is 23.7 Å². The summed E-state index contributed by atoms with van der Waals surface area (Å²) in [7, 11) is 0. The number of benzene rings is 1. The fourth-order valence-corrected chi connectivity index (χ4v) is 2.51. The molecule has 1 N–H and O–H groups in total. The first-order valence-electron chi connectivity index (χ1n) is 8.10. The molecular weight excluding hydrogens is 314 g/mol. The minimum atomic E-state index is -0.448. The maximum absolute atomic E-state index is 12.1. The summed E-state index contributed by atoms with van der Waals surface area (Å²) in [6.07, 6.45) is 0.702. The van der Waals surface area contributed by atoms with Gasteiger partial charge in [0.15, 0.2) is 0 Å². The van der Waals surface area contributed by atoms with E-state index in [4.69, 9.17) is 9.47 Å². The second-order valence-corrected chi connectivity index (χ2v) is 5.37. The van der Waals surface area contributed by atoms with Crippen molar-refractivity contribution < 1.29 is 19.2 Å². The third kappa shape index (κ3) is 4.90. The number of morpholine rings is 1. The third-order valence-electron chi connectivity index (χ3n) is 3.74. The molecule has 2 rings (SSSR count). The van der Waals surface area contributed by atoms with Crippen LogP contribution in [0, 0.1) is 10.1 Å². The monoisotopic (exact) mass is 337 g/mol. The van der Waals surface area contributed by atoms with Crippen molar-refractivity contribution >= 4 is 17.3 Å². The van der Waals surface area contributed by atoms with E-state index in [1.807, 2.05) is 11.8 Å². The van der Waals surface area contributed by atoms with Gasteiger partial charge >= 0.3 is 0 Å². The molecular formula is C16H23N3O5. The number of nitro groups is 1. The Morgan fingerprint density at radius 3 is 2.83 bits per heavy atom. The first-order valence-corrected chi connectivity index (χ1v) is 8.10. The van der Waals surface area contributed by atoms with Crippen molar-refractivity contribution in [1.29, 1.82) is 0 Å². The average Bonchev–Trinajstić information content (AvgIpc) is 2.61. The predicted molar refractivity (Wildman–Crippen MR) is 89.6 cm³/mol. The number of nitro benzene ring substituents is 1. The van der Waals surface area contributed by atoms with Crippen LogP contribution in [0.2, 0.25) is 0 Å². The third-order valence-corrected chi connectivity index (χ3v) is 3.74. The van der Waals surface area contributed by atoms with Gasteiger partial charge in [-0.15, -0.1) is 0 Å². The Kier molecular flexibility index (Phi) is 6.95. The summed E-state index contributed by atoms with van der Waals surface area (Å²) in [5.74, 6) is -0.317. The smallest absolute Gasteiger partial charge is 0.293 e. The first kappa shape index (κ1) is 18.2. The number of hydrogen-bond donors (Lipinski definition) is 1. The van der Waals surface area contributed by atoms with Crippen LogP contribution in [0.4, 0.5) is 11.4 Å². The van der Waals surface area contributed by atoms with E-state index in [1.165, 1.54) is 6.07 Å². The van der Waals surface area contributed by atoms with Crippen molar-refractivity contribution in [2.75, 3.05) is 51.0 Å². The fourth-order valence-electron chi connectivity index (χ4n) is 2.51. The van der Waals surface area contributed by atoms with Gasteiger partial charge in [0.2, 0.25) is 0 Å². The van der Waals surface area contributed by atoms with Crippen LogP contribution >= 0.6 is 0 Å². The van der Waals surface area contributed by atoms with E-state index in [0.29, 0.717) is 58.2 Å². The Morgan fingerprint density at radius 1 is 1.42 bits per heavy atom. The Hall–Kier alpha value is -2.19. The summed E-state index contributed by atoms with van der Waals surface area (Å²) in [5, 5.41) is 14.1. The maximum atomic E-state index is 12.1. The Labute approximate surface area is 140 Å². The Balaban J connectivity index is 2.04. The van der Waals surface area contributed by atoms with Crippen LogP contribution in [0.15, 0.2) is 18.2 Å². The number of carbonyl (C=O) groups excluding carboxylic acids is 1. The summed E-state index contributed by atoms with van der Waals surface area (Å²) < 4.78 is 10.5. The highest BCUT2D eigenvalue weighted by Crippen LogP contribution is 2.29. The molecule has 0 spiro atoms. The van der Waals surface area contributed by atoms with Gasteiger partial charge in [-0.05, 0) is 25.5 Å². The highest BCUT2D eigenvalue weighted by molar-refractivity contribution is 5.95. The Morgan fingerprint density at radius 2 is 2.17 bits per heavy atom. The van der Waals surface area contributed by atoms with E-state index < -0.39 is 4.92 Å². The number of amides is 1. The molecule has 0 bridgehead atoms. The molecule has 1 fully saturated rings. The van der Waals surface area contributed by atoms with Crippen molar-refractivity contribution in [3.8, 4) is 0 Å². The molecule has 0 unspecified atom stereocenters. The van der Waals surface area contributed by atoms with E-state index in [1.54, 1.807) is 12.1 Å².